The number of likely N-dealkylation sites (tertiary alicyclic amines) is 1. The Labute approximate surface area is 106 Å². The standard InChI is InChI=1S/C11H19N5O2/c1-9-10(16(17)18)11(14(2)13-9)12-5-8-15-6-3-4-7-15/h12H,3-8H2,1-2H3. The Morgan fingerprint density at radius 3 is 2.72 bits per heavy atom. The van der Waals surface area contributed by atoms with E-state index in [1.807, 2.05) is 0 Å². The number of rotatable bonds is 5. The molecule has 0 unspecified atom stereocenters. The van der Waals surface area contributed by atoms with Crippen LogP contribution in [0.3, 0.4) is 0 Å². The van der Waals surface area contributed by atoms with E-state index in [4.69, 9.17) is 0 Å². The van der Waals surface area contributed by atoms with Crippen molar-refractivity contribution in [2.45, 2.75) is 19.8 Å². The van der Waals surface area contributed by atoms with Crippen molar-refractivity contribution in [3.63, 3.8) is 0 Å². The summed E-state index contributed by atoms with van der Waals surface area (Å²) in [7, 11) is 1.72. The van der Waals surface area contributed by atoms with Crippen LogP contribution in [-0.2, 0) is 7.05 Å². The lowest BCUT2D eigenvalue weighted by molar-refractivity contribution is -0.384. The van der Waals surface area contributed by atoms with E-state index in [1.165, 1.54) is 17.5 Å². The van der Waals surface area contributed by atoms with Crippen LogP contribution in [0.5, 0.6) is 0 Å². The number of anilines is 1. The van der Waals surface area contributed by atoms with E-state index >= 15 is 0 Å². The Morgan fingerprint density at radius 2 is 2.11 bits per heavy atom. The predicted octanol–water partition coefficient (Wildman–Crippen LogP) is 1.14. The first kappa shape index (κ1) is 12.8. The maximum Gasteiger partial charge on any atom is 0.333 e. The average molecular weight is 253 g/mol. The molecule has 1 aliphatic rings. The van der Waals surface area contributed by atoms with Gasteiger partial charge in [0.1, 0.15) is 5.69 Å². The van der Waals surface area contributed by atoms with Gasteiger partial charge in [0, 0.05) is 20.1 Å². The summed E-state index contributed by atoms with van der Waals surface area (Å²) in [6, 6.07) is 0. The van der Waals surface area contributed by atoms with Crippen LogP contribution in [0.4, 0.5) is 11.5 Å². The maximum absolute atomic E-state index is 11.0. The fourth-order valence-corrected chi connectivity index (χ4v) is 2.40. The molecule has 1 aliphatic heterocycles. The highest BCUT2D eigenvalue weighted by atomic mass is 16.6. The van der Waals surface area contributed by atoms with Crippen molar-refractivity contribution in [1.82, 2.24) is 14.7 Å². The van der Waals surface area contributed by atoms with Gasteiger partial charge in [-0.3, -0.25) is 10.1 Å². The summed E-state index contributed by atoms with van der Waals surface area (Å²) >= 11 is 0. The molecule has 1 fully saturated rings. The van der Waals surface area contributed by atoms with Gasteiger partial charge in [0.15, 0.2) is 0 Å². The summed E-state index contributed by atoms with van der Waals surface area (Å²) in [6.45, 7) is 5.55. The molecule has 2 rings (SSSR count). The van der Waals surface area contributed by atoms with Gasteiger partial charge in [-0.05, 0) is 32.9 Å². The zero-order chi connectivity index (χ0) is 13.1. The van der Waals surface area contributed by atoms with Gasteiger partial charge in [0.25, 0.3) is 0 Å². The van der Waals surface area contributed by atoms with Crippen molar-refractivity contribution in [3.05, 3.63) is 15.8 Å². The third-order valence-electron chi connectivity index (χ3n) is 3.29. The maximum atomic E-state index is 11.0. The summed E-state index contributed by atoms with van der Waals surface area (Å²) in [5.74, 6) is 0.497. The topological polar surface area (TPSA) is 76.2 Å². The molecule has 0 bridgehead atoms. The highest BCUT2D eigenvalue weighted by Crippen LogP contribution is 2.26. The van der Waals surface area contributed by atoms with Gasteiger partial charge in [-0.1, -0.05) is 0 Å². The van der Waals surface area contributed by atoms with E-state index in [-0.39, 0.29) is 10.6 Å². The molecule has 0 atom stereocenters. The zero-order valence-electron chi connectivity index (χ0n) is 10.8. The molecule has 0 aromatic carbocycles. The first-order valence-corrected chi connectivity index (χ1v) is 6.24. The fourth-order valence-electron chi connectivity index (χ4n) is 2.40. The molecule has 0 spiro atoms. The van der Waals surface area contributed by atoms with Gasteiger partial charge in [-0.15, -0.1) is 0 Å². The number of aryl methyl sites for hydroxylation is 2. The summed E-state index contributed by atoms with van der Waals surface area (Å²) in [6.07, 6.45) is 2.51. The van der Waals surface area contributed by atoms with Crippen LogP contribution in [-0.4, -0.2) is 45.8 Å². The fraction of sp³-hybridized carbons (Fsp3) is 0.727. The van der Waals surface area contributed by atoms with Crippen molar-refractivity contribution < 1.29 is 4.92 Å². The van der Waals surface area contributed by atoms with Crippen LogP contribution in [0.25, 0.3) is 0 Å². The minimum absolute atomic E-state index is 0.0823. The molecule has 1 N–H and O–H groups in total. The number of hydrogen-bond acceptors (Lipinski definition) is 5. The number of nitrogens with zero attached hydrogens (tertiary/aromatic N) is 4. The van der Waals surface area contributed by atoms with Gasteiger partial charge in [-0.2, -0.15) is 5.10 Å². The normalized spacial score (nSPS) is 16.1. The molecular formula is C11H19N5O2. The minimum atomic E-state index is -0.374. The van der Waals surface area contributed by atoms with E-state index in [0.29, 0.717) is 18.1 Å². The molecule has 2 heterocycles. The second-order valence-corrected chi connectivity index (χ2v) is 4.64. The lowest BCUT2D eigenvalue weighted by Crippen LogP contribution is -2.26. The van der Waals surface area contributed by atoms with Crippen LogP contribution in [0.1, 0.15) is 18.5 Å². The molecule has 1 aromatic heterocycles. The quantitative estimate of drug-likeness (QED) is 0.629. The average Bonchev–Trinajstić information content (AvgIpc) is 2.87. The molecule has 1 saturated heterocycles. The monoisotopic (exact) mass is 253 g/mol. The van der Waals surface area contributed by atoms with Crippen LogP contribution in [0.15, 0.2) is 0 Å². The third kappa shape index (κ3) is 2.61. The molecule has 0 amide bonds. The Balaban J connectivity index is 1.97. The van der Waals surface area contributed by atoms with Gasteiger partial charge in [-0.25, -0.2) is 4.68 Å². The largest absolute Gasteiger partial charge is 0.363 e. The molecule has 100 valence electrons. The lowest BCUT2D eigenvalue weighted by Gasteiger charge is -2.14. The second kappa shape index (κ2) is 5.34. The van der Waals surface area contributed by atoms with Gasteiger partial charge in [0.2, 0.25) is 5.82 Å². The second-order valence-electron chi connectivity index (χ2n) is 4.64. The number of nitro groups is 1. The highest BCUT2D eigenvalue weighted by molar-refractivity contribution is 5.59. The Morgan fingerprint density at radius 1 is 1.44 bits per heavy atom. The van der Waals surface area contributed by atoms with Gasteiger partial charge >= 0.3 is 5.69 Å². The number of nitrogens with one attached hydrogen (secondary N) is 1. The minimum Gasteiger partial charge on any atom is -0.363 e. The van der Waals surface area contributed by atoms with E-state index in [1.54, 1.807) is 14.0 Å². The summed E-state index contributed by atoms with van der Waals surface area (Å²) < 4.78 is 1.54. The van der Waals surface area contributed by atoms with Crippen molar-refractivity contribution in [2.75, 3.05) is 31.5 Å². The van der Waals surface area contributed by atoms with Crippen LogP contribution >= 0.6 is 0 Å². The van der Waals surface area contributed by atoms with E-state index in [2.05, 4.69) is 15.3 Å². The first-order valence-electron chi connectivity index (χ1n) is 6.24. The zero-order valence-corrected chi connectivity index (χ0v) is 10.8. The van der Waals surface area contributed by atoms with Crippen LogP contribution < -0.4 is 5.32 Å². The summed E-state index contributed by atoms with van der Waals surface area (Å²) in [5, 5.41) is 18.2. The molecule has 7 nitrogen and oxygen atoms in total. The first-order chi connectivity index (χ1) is 8.59. The highest BCUT2D eigenvalue weighted by Gasteiger charge is 2.23. The third-order valence-corrected chi connectivity index (χ3v) is 3.29. The number of aromatic nitrogens is 2. The van der Waals surface area contributed by atoms with Crippen molar-refractivity contribution in [2.24, 2.45) is 7.05 Å². The van der Waals surface area contributed by atoms with Gasteiger partial charge in [0.05, 0.1) is 4.92 Å². The van der Waals surface area contributed by atoms with Crippen molar-refractivity contribution in [1.29, 1.82) is 0 Å². The van der Waals surface area contributed by atoms with Gasteiger partial charge < -0.3 is 10.2 Å². The van der Waals surface area contributed by atoms with Crippen LogP contribution in [0.2, 0.25) is 0 Å². The van der Waals surface area contributed by atoms with E-state index in [9.17, 15) is 10.1 Å². The van der Waals surface area contributed by atoms with Crippen LogP contribution in [0, 0.1) is 17.0 Å². The molecule has 7 heteroatoms. The van der Waals surface area contributed by atoms with Crippen molar-refractivity contribution in [3.8, 4) is 0 Å². The summed E-state index contributed by atoms with van der Waals surface area (Å²) in [4.78, 5) is 13.0. The number of hydrogen-bond donors (Lipinski definition) is 1. The Hall–Kier alpha value is -1.63. The SMILES string of the molecule is Cc1nn(C)c(NCCN2CCCC2)c1[N+](=O)[O-]. The lowest BCUT2D eigenvalue weighted by atomic mass is 10.4. The summed E-state index contributed by atoms with van der Waals surface area (Å²) in [5.41, 5.74) is 0.532. The molecule has 1 aromatic rings. The molecule has 0 radical (unpaired) electrons. The Bertz CT molecular complexity index is 437. The smallest absolute Gasteiger partial charge is 0.333 e. The predicted molar refractivity (Wildman–Crippen MR) is 68.8 cm³/mol. The molecular weight excluding hydrogens is 234 g/mol. The van der Waals surface area contributed by atoms with E-state index in [0.717, 1.165) is 19.6 Å². The molecule has 18 heavy (non-hydrogen) atoms. The van der Waals surface area contributed by atoms with E-state index < -0.39 is 0 Å². The van der Waals surface area contributed by atoms with Crippen molar-refractivity contribution >= 4 is 11.5 Å². The molecule has 0 aliphatic carbocycles. The molecule has 0 saturated carbocycles. The Kier molecular flexibility index (Phi) is 3.81.